The van der Waals surface area contributed by atoms with E-state index in [1.165, 1.54) is 0 Å². The maximum absolute atomic E-state index is 5.98. The van der Waals surface area contributed by atoms with E-state index in [2.05, 4.69) is 57.8 Å². The molecule has 0 fully saturated rings. The van der Waals surface area contributed by atoms with Gasteiger partial charge in [-0.3, -0.25) is 0 Å². The van der Waals surface area contributed by atoms with Crippen molar-refractivity contribution in [2.45, 2.75) is 0 Å². The van der Waals surface area contributed by atoms with Gasteiger partial charge in [0.25, 0.3) is 0 Å². The highest BCUT2D eigenvalue weighted by Crippen LogP contribution is 2.30. The summed E-state index contributed by atoms with van der Waals surface area (Å²) in [4.78, 5) is 7.85. The van der Waals surface area contributed by atoms with Gasteiger partial charge in [0.15, 0.2) is 0 Å². The first-order valence-electron chi connectivity index (χ1n) is 5.44. The van der Waals surface area contributed by atoms with E-state index in [1.807, 2.05) is 30.3 Å². The van der Waals surface area contributed by atoms with Gasteiger partial charge in [-0.05, 0) is 30.3 Å². The van der Waals surface area contributed by atoms with Crippen LogP contribution in [0.5, 0.6) is 0 Å². The second-order valence-corrected chi connectivity index (χ2v) is 6.88. The average Bonchev–Trinajstić information content (AvgIpc) is 2.71. The number of nitrogens with zero attached hydrogens (tertiary/aromatic N) is 1. The van der Waals surface area contributed by atoms with Crippen molar-refractivity contribution in [1.29, 1.82) is 0 Å². The maximum atomic E-state index is 5.98. The molecule has 1 heterocycles. The molecule has 0 unspecified atom stereocenters. The summed E-state index contributed by atoms with van der Waals surface area (Å²) >= 11 is 10.4. The van der Waals surface area contributed by atoms with Crippen LogP contribution >= 0.6 is 47.8 Å². The number of anilines is 1. The van der Waals surface area contributed by atoms with Crippen LogP contribution in [0.1, 0.15) is 0 Å². The van der Waals surface area contributed by atoms with Crippen LogP contribution in [0.15, 0.2) is 43.7 Å². The Hall–Kier alpha value is -0.850. The van der Waals surface area contributed by atoms with Gasteiger partial charge in [0.2, 0.25) is 0 Å². The molecule has 3 aromatic rings. The van der Waals surface area contributed by atoms with Gasteiger partial charge in [0, 0.05) is 19.0 Å². The molecule has 1 aromatic heterocycles. The van der Waals surface area contributed by atoms with Gasteiger partial charge in [-0.2, -0.15) is 0 Å². The number of aromatic amines is 1. The third-order valence-corrected chi connectivity index (χ3v) is 4.09. The number of nitrogen functional groups attached to an aromatic ring is 1. The predicted molar refractivity (Wildman–Crippen MR) is 89.0 cm³/mol. The molecular weight excluding hydrogens is 438 g/mol. The lowest BCUT2D eigenvalue weighted by Gasteiger charge is -1.99. The summed E-state index contributed by atoms with van der Waals surface area (Å²) in [6, 6.07) is 9.82. The number of fused-ring (bicyclic) bond motifs is 1. The zero-order valence-corrected chi connectivity index (χ0v) is 14.3. The van der Waals surface area contributed by atoms with E-state index in [1.54, 1.807) is 0 Å². The summed E-state index contributed by atoms with van der Waals surface area (Å²) in [5.41, 5.74) is 9.33. The fraction of sp³-hybridized carbons (Fsp3) is 0. The van der Waals surface area contributed by atoms with E-state index >= 15 is 0 Å². The Morgan fingerprint density at radius 2 is 1.53 bits per heavy atom. The molecule has 0 saturated carbocycles. The van der Waals surface area contributed by atoms with E-state index in [0.29, 0.717) is 5.69 Å². The number of hydrogen-bond acceptors (Lipinski definition) is 2. The van der Waals surface area contributed by atoms with Crippen molar-refractivity contribution < 1.29 is 0 Å². The first kappa shape index (κ1) is 13.1. The van der Waals surface area contributed by atoms with E-state index in [0.717, 1.165) is 35.8 Å². The van der Waals surface area contributed by atoms with Gasteiger partial charge in [0.1, 0.15) is 11.3 Å². The molecule has 0 radical (unpaired) electrons. The van der Waals surface area contributed by atoms with Crippen molar-refractivity contribution in [2.75, 3.05) is 5.73 Å². The fourth-order valence-corrected chi connectivity index (χ4v) is 3.70. The predicted octanol–water partition coefficient (Wildman–Crippen LogP) is 5.10. The highest BCUT2D eigenvalue weighted by molar-refractivity contribution is 9.11. The number of rotatable bonds is 1. The van der Waals surface area contributed by atoms with Crippen LogP contribution in [0.25, 0.3) is 22.4 Å². The Morgan fingerprint density at radius 1 is 0.895 bits per heavy atom. The molecule has 0 aliphatic heterocycles. The van der Waals surface area contributed by atoms with Crippen LogP contribution in [0.3, 0.4) is 0 Å². The summed E-state index contributed by atoms with van der Waals surface area (Å²) in [7, 11) is 0. The number of nitrogens with one attached hydrogen (secondary N) is 1. The van der Waals surface area contributed by atoms with E-state index in [9.17, 15) is 0 Å². The smallest absolute Gasteiger partial charge is 0.138 e. The Labute approximate surface area is 135 Å². The molecule has 19 heavy (non-hydrogen) atoms. The lowest BCUT2D eigenvalue weighted by atomic mass is 10.2. The molecule has 0 atom stereocenters. The van der Waals surface area contributed by atoms with E-state index < -0.39 is 0 Å². The van der Waals surface area contributed by atoms with Crippen LogP contribution in [0.4, 0.5) is 5.69 Å². The van der Waals surface area contributed by atoms with Gasteiger partial charge in [-0.25, -0.2) is 4.98 Å². The van der Waals surface area contributed by atoms with Gasteiger partial charge in [-0.15, -0.1) is 0 Å². The van der Waals surface area contributed by atoms with E-state index in [-0.39, 0.29) is 0 Å². The van der Waals surface area contributed by atoms with E-state index in [4.69, 9.17) is 5.73 Å². The average molecular weight is 446 g/mol. The first-order valence-corrected chi connectivity index (χ1v) is 7.82. The minimum Gasteiger partial charge on any atom is -0.397 e. The minimum atomic E-state index is 0.654. The van der Waals surface area contributed by atoms with Crippen molar-refractivity contribution in [3.8, 4) is 11.4 Å². The van der Waals surface area contributed by atoms with Gasteiger partial charge >= 0.3 is 0 Å². The van der Waals surface area contributed by atoms with Crippen molar-refractivity contribution in [3.63, 3.8) is 0 Å². The first-order chi connectivity index (χ1) is 9.02. The second kappa shape index (κ2) is 4.92. The number of H-pyrrole nitrogens is 1. The van der Waals surface area contributed by atoms with Crippen LogP contribution in [0.2, 0.25) is 0 Å². The molecule has 0 bridgehead atoms. The van der Waals surface area contributed by atoms with Crippen LogP contribution < -0.4 is 5.73 Å². The zero-order chi connectivity index (χ0) is 13.6. The normalized spacial score (nSPS) is 11.1. The lowest BCUT2D eigenvalue weighted by molar-refractivity contribution is 1.33. The quantitative estimate of drug-likeness (QED) is 0.512. The molecule has 0 amide bonds. The molecular formula is C13H8Br3N3. The number of benzene rings is 2. The molecule has 96 valence electrons. The Morgan fingerprint density at radius 3 is 2.21 bits per heavy atom. The van der Waals surface area contributed by atoms with Crippen molar-refractivity contribution in [2.24, 2.45) is 0 Å². The van der Waals surface area contributed by atoms with Crippen molar-refractivity contribution >= 4 is 64.5 Å². The molecule has 2 aromatic carbocycles. The molecule has 0 spiro atoms. The highest BCUT2D eigenvalue weighted by atomic mass is 79.9. The molecule has 0 saturated heterocycles. The van der Waals surface area contributed by atoms with Gasteiger partial charge in [-0.1, -0.05) is 47.8 Å². The number of imidazole rings is 1. The highest BCUT2D eigenvalue weighted by Gasteiger charge is 2.09. The van der Waals surface area contributed by atoms with Crippen molar-refractivity contribution in [3.05, 3.63) is 43.7 Å². The Kier molecular flexibility index (Phi) is 3.41. The zero-order valence-electron chi connectivity index (χ0n) is 9.55. The second-order valence-electron chi connectivity index (χ2n) is 4.13. The molecule has 3 N–H and O–H groups in total. The Bertz CT molecular complexity index is 760. The lowest BCUT2D eigenvalue weighted by Crippen LogP contribution is -1.86. The molecule has 3 rings (SSSR count). The topological polar surface area (TPSA) is 54.7 Å². The minimum absolute atomic E-state index is 0.654. The maximum Gasteiger partial charge on any atom is 0.138 e. The molecule has 6 heteroatoms. The van der Waals surface area contributed by atoms with Crippen LogP contribution in [-0.4, -0.2) is 9.97 Å². The third kappa shape index (κ3) is 2.57. The van der Waals surface area contributed by atoms with Gasteiger partial charge < -0.3 is 10.7 Å². The number of hydrogen-bond donors (Lipinski definition) is 2. The molecule has 0 aliphatic carbocycles. The number of nitrogens with two attached hydrogens (primary N) is 1. The summed E-state index contributed by atoms with van der Waals surface area (Å²) in [5.74, 6) is 0.793. The monoisotopic (exact) mass is 443 g/mol. The standard InChI is InChI=1S/C13H8Br3N3/c14-7-1-6(2-8(15)3-7)13-18-11-5-9(16)4-10(17)12(11)19-13/h1-5H,17H2,(H,18,19). The SMILES string of the molecule is Nc1cc(Br)cc2[nH]c(-c3cc(Br)cc(Br)c3)nc12. The number of halogens is 3. The number of aromatic nitrogens is 2. The van der Waals surface area contributed by atoms with Crippen molar-refractivity contribution in [1.82, 2.24) is 9.97 Å². The summed E-state index contributed by atoms with van der Waals surface area (Å²) < 4.78 is 2.92. The van der Waals surface area contributed by atoms with Crippen LogP contribution in [-0.2, 0) is 0 Å². The largest absolute Gasteiger partial charge is 0.397 e. The third-order valence-electron chi connectivity index (χ3n) is 2.72. The summed E-state index contributed by atoms with van der Waals surface area (Å²) in [6.07, 6.45) is 0. The fourth-order valence-electron chi connectivity index (χ4n) is 1.93. The molecule has 0 aliphatic rings. The Balaban J connectivity index is 2.23. The molecule has 3 nitrogen and oxygen atoms in total. The van der Waals surface area contributed by atoms with Crippen LogP contribution in [0, 0.1) is 0 Å². The summed E-state index contributed by atoms with van der Waals surface area (Å²) in [5, 5.41) is 0. The summed E-state index contributed by atoms with van der Waals surface area (Å²) in [6.45, 7) is 0. The van der Waals surface area contributed by atoms with Gasteiger partial charge in [0.05, 0.1) is 11.2 Å².